The van der Waals surface area contributed by atoms with Crippen LogP contribution in [0.3, 0.4) is 0 Å². The van der Waals surface area contributed by atoms with Crippen molar-refractivity contribution in [2.24, 2.45) is 0 Å². The monoisotopic (exact) mass is 372 g/mol. The average Bonchev–Trinajstić information content (AvgIpc) is 2.52. The molecule has 26 heavy (non-hydrogen) atoms. The van der Waals surface area contributed by atoms with E-state index in [0.717, 1.165) is 0 Å². The molecule has 0 aromatic heterocycles. The Morgan fingerprint density at radius 1 is 0.808 bits per heavy atom. The molecule has 0 bridgehead atoms. The predicted octanol–water partition coefficient (Wildman–Crippen LogP) is -1.11. The van der Waals surface area contributed by atoms with E-state index in [9.17, 15) is 24.0 Å². The van der Waals surface area contributed by atoms with Gasteiger partial charge in [0.2, 0.25) is 23.6 Å². The zero-order valence-electron chi connectivity index (χ0n) is 15.5. The lowest BCUT2D eigenvalue weighted by Gasteiger charge is -2.21. The molecule has 0 spiro atoms. The summed E-state index contributed by atoms with van der Waals surface area (Å²) >= 11 is 0. The minimum absolute atomic E-state index is 0.142. The quantitative estimate of drug-likeness (QED) is 0.290. The second kappa shape index (κ2) is 11.8. The molecule has 4 amide bonds. The van der Waals surface area contributed by atoms with Gasteiger partial charge in [0.05, 0.1) is 0 Å². The van der Waals surface area contributed by atoms with Gasteiger partial charge in [-0.3, -0.25) is 24.0 Å². The van der Waals surface area contributed by atoms with E-state index >= 15 is 0 Å². The normalized spacial score (nSPS) is 13.7. The van der Waals surface area contributed by atoms with Crippen LogP contribution in [0.2, 0.25) is 0 Å². The van der Waals surface area contributed by atoms with Crippen molar-refractivity contribution >= 4 is 29.6 Å². The van der Waals surface area contributed by atoms with Crippen LogP contribution in [0.1, 0.15) is 47.0 Å². The highest BCUT2D eigenvalue weighted by molar-refractivity contribution is 5.92. The number of carboxylic acid groups (broad SMARTS) is 1. The lowest BCUT2D eigenvalue weighted by molar-refractivity contribution is -0.141. The molecule has 0 aromatic rings. The number of rotatable bonds is 11. The lowest BCUT2D eigenvalue weighted by atomic mass is 10.1. The van der Waals surface area contributed by atoms with Gasteiger partial charge in [0.15, 0.2) is 0 Å². The van der Waals surface area contributed by atoms with Crippen molar-refractivity contribution in [2.45, 2.75) is 65.1 Å². The highest BCUT2D eigenvalue weighted by Crippen LogP contribution is 2.02. The summed E-state index contributed by atoms with van der Waals surface area (Å²) < 4.78 is 0. The third-order valence-corrected chi connectivity index (χ3v) is 3.47. The van der Waals surface area contributed by atoms with Crippen LogP contribution in [0.4, 0.5) is 0 Å². The minimum Gasteiger partial charge on any atom is -0.480 e. The molecule has 10 heteroatoms. The Bertz CT molecular complexity index is 537. The number of carboxylic acids is 1. The first-order valence-corrected chi connectivity index (χ1v) is 8.39. The van der Waals surface area contributed by atoms with E-state index in [1.807, 2.05) is 0 Å². The Balaban J connectivity index is 4.56. The van der Waals surface area contributed by atoms with Gasteiger partial charge in [-0.2, -0.15) is 0 Å². The van der Waals surface area contributed by atoms with Crippen LogP contribution in [-0.2, 0) is 24.0 Å². The van der Waals surface area contributed by atoms with Crippen molar-refractivity contribution in [3.8, 4) is 0 Å². The molecule has 148 valence electrons. The van der Waals surface area contributed by atoms with Crippen molar-refractivity contribution < 1.29 is 29.1 Å². The first-order valence-electron chi connectivity index (χ1n) is 8.39. The zero-order chi connectivity index (χ0) is 20.3. The number of unbranched alkanes of at least 4 members (excludes halogenated alkanes) is 1. The Labute approximate surface area is 152 Å². The first-order chi connectivity index (χ1) is 12.0. The van der Waals surface area contributed by atoms with Crippen LogP contribution in [-0.4, -0.2) is 59.4 Å². The Morgan fingerprint density at radius 2 is 1.38 bits per heavy atom. The van der Waals surface area contributed by atoms with Crippen LogP contribution >= 0.6 is 0 Å². The Kier molecular flexibility index (Phi) is 10.6. The molecule has 0 aromatic carbocycles. The molecule has 0 rings (SSSR count). The van der Waals surface area contributed by atoms with Gasteiger partial charge in [-0.25, -0.2) is 0 Å². The summed E-state index contributed by atoms with van der Waals surface area (Å²) in [6.07, 6.45) is 1.55. The number of carbonyl (C=O) groups is 5. The van der Waals surface area contributed by atoms with Crippen LogP contribution in [0.15, 0.2) is 0 Å². The topological polar surface area (TPSA) is 154 Å². The Hall–Kier alpha value is -2.65. The molecule has 0 heterocycles. The fraction of sp³-hybridized carbons (Fsp3) is 0.688. The Morgan fingerprint density at radius 3 is 1.88 bits per heavy atom. The molecule has 0 aliphatic carbocycles. The molecule has 0 unspecified atom stereocenters. The van der Waals surface area contributed by atoms with E-state index in [1.165, 1.54) is 27.7 Å². The van der Waals surface area contributed by atoms with Crippen molar-refractivity contribution in [2.75, 3.05) is 6.54 Å². The summed E-state index contributed by atoms with van der Waals surface area (Å²) in [6, 6.07) is -2.86. The summed E-state index contributed by atoms with van der Waals surface area (Å²) in [6.45, 7) is 5.89. The molecule has 10 nitrogen and oxygen atoms in total. The number of carbonyl (C=O) groups excluding carboxylic acids is 4. The molecule has 0 saturated heterocycles. The first kappa shape index (κ1) is 23.4. The summed E-state index contributed by atoms with van der Waals surface area (Å²) in [5.74, 6) is -2.89. The van der Waals surface area contributed by atoms with E-state index in [2.05, 4.69) is 21.3 Å². The van der Waals surface area contributed by atoms with E-state index in [0.29, 0.717) is 25.8 Å². The smallest absolute Gasteiger partial charge is 0.325 e. The molecule has 0 aliphatic heterocycles. The fourth-order valence-corrected chi connectivity index (χ4v) is 2.03. The van der Waals surface area contributed by atoms with Crippen LogP contribution in [0.25, 0.3) is 0 Å². The number of nitrogens with one attached hydrogen (secondary N) is 4. The maximum absolute atomic E-state index is 12.3. The second-order valence-electron chi connectivity index (χ2n) is 6.03. The van der Waals surface area contributed by atoms with Gasteiger partial charge < -0.3 is 26.4 Å². The highest BCUT2D eigenvalue weighted by Gasteiger charge is 2.24. The van der Waals surface area contributed by atoms with Gasteiger partial charge in [0, 0.05) is 20.4 Å². The van der Waals surface area contributed by atoms with E-state index < -0.39 is 35.9 Å². The second-order valence-corrected chi connectivity index (χ2v) is 6.03. The predicted molar refractivity (Wildman–Crippen MR) is 93.0 cm³/mol. The molecule has 0 aliphatic rings. The van der Waals surface area contributed by atoms with Crippen molar-refractivity contribution in [1.82, 2.24) is 21.3 Å². The zero-order valence-corrected chi connectivity index (χ0v) is 15.5. The summed E-state index contributed by atoms with van der Waals surface area (Å²) in [5.41, 5.74) is 0. The van der Waals surface area contributed by atoms with Crippen molar-refractivity contribution in [3.05, 3.63) is 0 Å². The molecule has 0 radical (unpaired) electrons. The van der Waals surface area contributed by atoms with Crippen LogP contribution in [0.5, 0.6) is 0 Å². The van der Waals surface area contributed by atoms with Gasteiger partial charge in [-0.15, -0.1) is 0 Å². The molecule has 0 saturated carbocycles. The van der Waals surface area contributed by atoms with Gasteiger partial charge in [0.25, 0.3) is 0 Å². The number of amides is 4. The van der Waals surface area contributed by atoms with Gasteiger partial charge in [-0.1, -0.05) is 0 Å². The van der Waals surface area contributed by atoms with Crippen molar-refractivity contribution in [3.63, 3.8) is 0 Å². The van der Waals surface area contributed by atoms with E-state index in [4.69, 9.17) is 5.11 Å². The maximum atomic E-state index is 12.3. The lowest BCUT2D eigenvalue weighted by Crippen LogP contribution is -2.54. The highest BCUT2D eigenvalue weighted by atomic mass is 16.4. The number of hydrogen-bond donors (Lipinski definition) is 5. The molecular weight excluding hydrogens is 344 g/mol. The summed E-state index contributed by atoms with van der Waals surface area (Å²) in [5, 5.41) is 18.6. The van der Waals surface area contributed by atoms with Gasteiger partial charge in [-0.05, 0) is 33.1 Å². The fourth-order valence-electron chi connectivity index (χ4n) is 2.03. The standard InChI is InChI=1S/C16H28N4O6/c1-9(14(23)19-10(2)16(25)26)18-15(24)13(20-12(4)22)7-5-6-8-17-11(3)21/h9-10,13H,5-8H2,1-4H3,(H,17,21)(H,18,24)(H,19,23)(H,20,22)(H,25,26)/t9-,10+,13-/m0/s1. The SMILES string of the molecule is CC(=O)NCCCC[C@H](NC(C)=O)C(=O)N[C@@H](C)C(=O)N[C@H](C)C(=O)O. The van der Waals surface area contributed by atoms with Crippen LogP contribution in [0, 0.1) is 0 Å². The van der Waals surface area contributed by atoms with E-state index in [1.54, 1.807) is 0 Å². The van der Waals surface area contributed by atoms with Gasteiger partial charge in [0.1, 0.15) is 18.1 Å². The third-order valence-electron chi connectivity index (χ3n) is 3.47. The number of aliphatic carboxylic acids is 1. The largest absolute Gasteiger partial charge is 0.480 e. The van der Waals surface area contributed by atoms with Crippen molar-refractivity contribution in [1.29, 1.82) is 0 Å². The summed E-state index contributed by atoms with van der Waals surface area (Å²) in [4.78, 5) is 57.0. The van der Waals surface area contributed by atoms with Crippen LogP contribution < -0.4 is 21.3 Å². The maximum Gasteiger partial charge on any atom is 0.325 e. The number of hydrogen-bond acceptors (Lipinski definition) is 5. The molecule has 5 N–H and O–H groups in total. The summed E-state index contributed by atoms with van der Waals surface area (Å²) in [7, 11) is 0. The molecule has 3 atom stereocenters. The third kappa shape index (κ3) is 10.3. The minimum atomic E-state index is -1.19. The molecule has 0 fully saturated rings. The van der Waals surface area contributed by atoms with Gasteiger partial charge >= 0.3 is 5.97 Å². The average molecular weight is 372 g/mol. The molecular formula is C16H28N4O6. The van der Waals surface area contributed by atoms with E-state index in [-0.39, 0.29) is 11.8 Å².